The third-order valence-electron chi connectivity index (χ3n) is 4.24. The number of carbonyl (C=O) groups is 1. The average molecular weight is 390 g/mol. The van der Waals surface area contributed by atoms with Gasteiger partial charge in [0, 0.05) is 18.1 Å². The van der Waals surface area contributed by atoms with Gasteiger partial charge in [-0.15, -0.1) is 0 Å². The first-order chi connectivity index (χ1) is 13.9. The molecule has 3 rings (SSSR count). The lowest BCUT2D eigenvalue weighted by molar-refractivity contribution is 0.102. The largest absolute Gasteiger partial charge is 0.489 e. The van der Waals surface area contributed by atoms with Crippen molar-refractivity contribution in [2.24, 2.45) is 0 Å². The van der Waals surface area contributed by atoms with Gasteiger partial charge < -0.3 is 15.4 Å². The molecule has 1 amide bonds. The van der Waals surface area contributed by atoms with Crippen LogP contribution in [0.5, 0.6) is 5.75 Å². The molecule has 0 aliphatic rings. The molecule has 150 valence electrons. The van der Waals surface area contributed by atoms with Crippen LogP contribution in [0.2, 0.25) is 0 Å². The van der Waals surface area contributed by atoms with Crippen molar-refractivity contribution in [1.82, 2.24) is 9.97 Å². The zero-order chi connectivity index (χ0) is 20.8. The van der Waals surface area contributed by atoms with Gasteiger partial charge in [0.05, 0.1) is 17.4 Å². The van der Waals surface area contributed by atoms with E-state index in [1.807, 2.05) is 50.2 Å². The van der Waals surface area contributed by atoms with Gasteiger partial charge in [-0.25, -0.2) is 9.97 Å². The standard InChI is InChI=1S/C23H26N4O2/c1-15(2)18-9-5-6-10-19(18)27-23-24-13-17(14-25-23)22(28)26-20-11-7-8-12-21(20)29-16(3)4/h5-16H,1-4H3,(H,26,28)(H,24,25,27). The Kier molecular flexibility index (Phi) is 6.44. The fourth-order valence-electron chi connectivity index (χ4n) is 2.87. The molecule has 6 nitrogen and oxygen atoms in total. The van der Waals surface area contributed by atoms with Crippen LogP contribution >= 0.6 is 0 Å². The number of nitrogens with zero attached hydrogens (tertiary/aromatic N) is 2. The summed E-state index contributed by atoms with van der Waals surface area (Å²) < 4.78 is 5.74. The van der Waals surface area contributed by atoms with E-state index in [-0.39, 0.29) is 12.0 Å². The molecule has 0 saturated heterocycles. The summed E-state index contributed by atoms with van der Waals surface area (Å²) in [7, 11) is 0. The van der Waals surface area contributed by atoms with E-state index in [4.69, 9.17) is 4.74 Å². The highest BCUT2D eigenvalue weighted by molar-refractivity contribution is 6.04. The van der Waals surface area contributed by atoms with Crippen molar-refractivity contribution in [2.45, 2.75) is 39.7 Å². The number of nitrogens with one attached hydrogen (secondary N) is 2. The highest BCUT2D eigenvalue weighted by Crippen LogP contribution is 2.26. The van der Waals surface area contributed by atoms with Gasteiger partial charge in [0.1, 0.15) is 5.75 Å². The van der Waals surface area contributed by atoms with E-state index >= 15 is 0 Å². The second-order valence-corrected chi connectivity index (χ2v) is 7.28. The summed E-state index contributed by atoms with van der Waals surface area (Å²) in [6.07, 6.45) is 3.03. The van der Waals surface area contributed by atoms with E-state index in [0.29, 0.717) is 28.9 Å². The van der Waals surface area contributed by atoms with E-state index < -0.39 is 0 Å². The van der Waals surface area contributed by atoms with Crippen LogP contribution in [0.25, 0.3) is 0 Å². The first kappa shape index (κ1) is 20.3. The zero-order valence-corrected chi connectivity index (χ0v) is 17.1. The lowest BCUT2D eigenvalue weighted by Gasteiger charge is -2.15. The number of aromatic nitrogens is 2. The van der Waals surface area contributed by atoms with E-state index in [2.05, 4.69) is 40.5 Å². The molecule has 0 atom stereocenters. The number of hydrogen-bond donors (Lipinski definition) is 2. The normalized spacial score (nSPS) is 10.8. The Labute approximate surface area is 171 Å². The molecular formula is C23H26N4O2. The Balaban J connectivity index is 1.72. The first-order valence-electron chi connectivity index (χ1n) is 9.69. The van der Waals surface area contributed by atoms with Crippen molar-refractivity contribution in [3.8, 4) is 5.75 Å². The Morgan fingerprint density at radius 2 is 1.52 bits per heavy atom. The Hall–Kier alpha value is -3.41. The van der Waals surface area contributed by atoms with Crippen molar-refractivity contribution in [2.75, 3.05) is 10.6 Å². The molecule has 6 heteroatoms. The van der Waals surface area contributed by atoms with Crippen molar-refractivity contribution >= 4 is 23.2 Å². The van der Waals surface area contributed by atoms with E-state index in [1.54, 1.807) is 6.07 Å². The predicted octanol–water partition coefficient (Wildman–Crippen LogP) is 5.38. The summed E-state index contributed by atoms with van der Waals surface area (Å²) >= 11 is 0. The second kappa shape index (κ2) is 9.19. The number of benzene rings is 2. The van der Waals surface area contributed by atoms with Gasteiger partial charge in [-0.3, -0.25) is 4.79 Å². The second-order valence-electron chi connectivity index (χ2n) is 7.28. The van der Waals surface area contributed by atoms with E-state index in [1.165, 1.54) is 18.0 Å². The number of amides is 1. The van der Waals surface area contributed by atoms with Crippen LogP contribution in [0.15, 0.2) is 60.9 Å². The van der Waals surface area contributed by atoms with Crippen molar-refractivity contribution < 1.29 is 9.53 Å². The fourth-order valence-corrected chi connectivity index (χ4v) is 2.87. The Morgan fingerprint density at radius 1 is 0.897 bits per heavy atom. The van der Waals surface area contributed by atoms with Gasteiger partial charge in [-0.05, 0) is 43.5 Å². The Bertz CT molecular complexity index is 969. The maximum atomic E-state index is 12.6. The molecule has 3 aromatic rings. The van der Waals surface area contributed by atoms with Crippen molar-refractivity contribution in [3.05, 3.63) is 72.1 Å². The van der Waals surface area contributed by atoms with Crippen LogP contribution in [0.1, 0.15) is 49.5 Å². The maximum Gasteiger partial charge on any atom is 0.258 e. The molecule has 29 heavy (non-hydrogen) atoms. The quantitative estimate of drug-likeness (QED) is 0.566. The SMILES string of the molecule is CC(C)Oc1ccccc1NC(=O)c1cnc(Nc2ccccc2C(C)C)nc1. The summed E-state index contributed by atoms with van der Waals surface area (Å²) in [5.41, 5.74) is 3.12. The van der Waals surface area contributed by atoms with Crippen LogP contribution in [0.3, 0.4) is 0 Å². The van der Waals surface area contributed by atoms with Crippen LogP contribution < -0.4 is 15.4 Å². The number of para-hydroxylation sites is 3. The van der Waals surface area contributed by atoms with Crippen LogP contribution in [0.4, 0.5) is 17.3 Å². The maximum absolute atomic E-state index is 12.6. The monoisotopic (exact) mass is 390 g/mol. The molecule has 0 bridgehead atoms. The summed E-state index contributed by atoms with van der Waals surface area (Å²) in [6, 6.07) is 15.4. The van der Waals surface area contributed by atoms with E-state index in [0.717, 1.165) is 5.69 Å². The van der Waals surface area contributed by atoms with Crippen LogP contribution in [0, 0.1) is 0 Å². The van der Waals surface area contributed by atoms with E-state index in [9.17, 15) is 4.79 Å². The minimum absolute atomic E-state index is 0.00969. The fraction of sp³-hybridized carbons (Fsp3) is 0.261. The zero-order valence-electron chi connectivity index (χ0n) is 17.1. The molecule has 0 saturated carbocycles. The third kappa shape index (κ3) is 5.31. The number of rotatable bonds is 7. The lowest BCUT2D eigenvalue weighted by Crippen LogP contribution is -2.15. The smallest absolute Gasteiger partial charge is 0.258 e. The van der Waals surface area contributed by atoms with Crippen molar-refractivity contribution in [1.29, 1.82) is 0 Å². The number of ether oxygens (including phenoxy) is 1. The number of hydrogen-bond acceptors (Lipinski definition) is 5. The third-order valence-corrected chi connectivity index (χ3v) is 4.24. The molecule has 1 heterocycles. The molecule has 2 aromatic carbocycles. The van der Waals surface area contributed by atoms with Gasteiger partial charge in [0.25, 0.3) is 5.91 Å². The summed E-state index contributed by atoms with van der Waals surface area (Å²) in [5, 5.41) is 6.09. The predicted molar refractivity (Wildman–Crippen MR) is 116 cm³/mol. The molecule has 2 N–H and O–H groups in total. The van der Waals surface area contributed by atoms with Crippen LogP contribution in [-0.4, -0.2) is 22.0 Å². The Morgan fingerprint density at radius 3 is 2.17 bits per heavy atom. The van der Waals surface area contributed by atoms with Gasteiger partial charge in [-0.2, -0.15) is 0 Å². The van der Waals surface area contributed by atoms with Crippen molar-refractivity contribution in [3.63, 3.8) is 0 Å². The topological polar surface area (TPSA) is 76.1 Å². The molecule has 0 spiro atoms. The van der Waals surface area contributed by atoms with Crippen LogP contribution in [-0.2, 0) is 0 Å². The minimum atomic E-state index is -0.293. The molecule has 0 aliphatic heterocycles. The van der Waals surface area contributed by atoms with Gasteiger partial charge in [-0.1, -0.05) is 44.2 Å². The molecule has 0 aliphatic carbocycles. The summed E-state index contributed by atoms with van der Waals surface area (Å²) in [4.78, 5) is 21.2. The number of anilines is 3. The lowest BCUT2D eigenvalue weighted by atomic mass is 10.0. The molecule has 1 aromatic heterocycles. The molecule has 0 unspecified atom stereocenters. The van der Waals surface area contributed by atoms with Gasteiger partial charge in [0.15, 0.2) is 0 Å². The summed E-state index contributed by atoms with van der Waals surface area (Å²) in [6.45, 7) is 8.15. The summed E-state index contributed by atoms with van der Waals surface area (Å²) in [5.74, 6) is 1.15. The molecule has 0 fully saturated rings. The van der Waals surface area contributed by atoms with Gasteiger partial charge in [0.2, 0.25) is 5.95 Å². The molecule has 0 radical (unpaired) electrons. The molecular weight excluding hydrogens is 364 g/mol. The first-order valence-corrected chi connectivity index (χ1v) is 9.69. The van der Waals surface area contributed by atoms with Gasteiger partial charge >= 0.3 is 0 Å². The highest BCUT2D eigenvalue weighted by atomic mass is 16.5. The number of carbonyl (C=O) groups excluding carboxylic acids is 1. The highest BCUT2D eigenvalue weighted by Gasteiger charge is 2.12. The average Bonchev–Trinajstić information content (AvgIpc) is 2.70. The minimum Gasteiger partial charge on any atom is -0.489 e.